The normalized spacial score (nSPS) is 12.8. The minimum absolute atomic E-state index is 0.230. The molecule has 0 aliphatic heterocycles. The van der Waals surface area contributed by atoms with Gasteiger partial charge in [0.05, 0.1) is 5.03 Å². The van der Waals surface area contributed by atoms with Crippen molar-refractivity contribution in [2.24, 2.45) is 5.73 Å². The second kappa shape index (κ2) is 6.10. The molecule has 1 aromatic heterocycles. The van der Waals surface area contributed by atoms with Crippen LogP contribution in [0.5, 0.6) is 0 Å². The summed E-state index contributed by atoms with van der Waals surface area (Å²) in [6.45, 7) is 4.90. The van der Waals surface area contributed by atoms with E-state index in [-0.39, 0.29) is 6.61 Å². The van der Waals surface area contributed by atoms with Gasteiger partial charge in [-0.2, -0.15) is 0 Å². The van der Waals surface area contributed by atoms with Crippen LogP contribution in [0.2, 0.25) is 0 Å². The van der Waals surface area contributed by atoms with Crippen molar-refractivity contribution in [1.82, 2.24) is 4.98 Å². The van der Waals surface area contributed by atoms with E-state index in [1.54, 1.807) is 11.8 Å². The van der Waals surface area contributed by atoms with E-state index in [0.717, 1.165) is 22.6 Å². The predicted octanol–water partition coefficient (Wildman–Crippen LogP) is 1.71. The Bertz CT molecular complexity index is 317. The smallest absolute Gasteiger partial charge is 0.0991 e. The largest absolute Gasteiger partial charge is 0.396 e. The van der Waals surface area contributed by atoms with Gasteiger partial charge in [-0.1, -0.05) is 13.0 Å². The van der Waals surface area contributed by atoms with Crippen LogP contribution in [-0.2, 0) is 6.54 Å². The number of aryl methyl sites for hydroxylation is 1. The average molecular weight is 226 g/mol. The highest BCUT2D eigenvalue weighted by Crippen LogP contribution is 2.26. The van der Waals surface area contributed by atoms with E-state index in [1.165, 1.54) is 0 Å². The number of nitrogens with two attached hydrogens (primary N) is 1. The minimum atomic E-state index is 0.230. The molecular formula is C11H18N2OS. The summed E-state index contributed by atoms with van der Waals surface area (Å²) in [6, 6.07) is 2.07. The number of hydrogen-bond acceptors (Lipinski definition) is 4. The molecule has 0 aromatic carbocycles. The summed E-state index contributed by atoms with van der Waals surface area (Å²) in [7, 11) is 0. The molecule has 0 saturated heterocycles. The van der Waals surface area contributed by atoms with Crippen LogP contribution in [0.25, 0.3) is 0 Å². The number of thioether (sulfide) groups is 1. The summed E-state index contributed by atoms with van der Waals surface area (Å²) in [5.74, 6) is 0. The third kappa shape index (κ3) is 3.81. The van der Waals surface area contributed by atoms with E-state index in [0.29, 0.717) is 11.8 Å². The molecule has 1 atom stereocenters. The first kappa shape index (κ1) is 12.5. The van der Waals surface area contributed by atoms with E-state index in [1.807, 2.05) is 13.1 Å². The Hall–Kier alpha value is -0.580. The van der Waals surface area contributed by atoms with Crippen LogP contribution >= 0.6 is 11.8 Å². The molecule has 1 heterocycles. The molecule has 0 spiro atoms. The molecule has 0 aliphatic rings. The number of pyridine rings is 1. The van der Waals surface area contributed by atoms with Gasteiger partial charge in [0.25, 0.3) is 0 Å². The Morgan fingerprint density at radius 2 is 2.33 bits per heavy atom. The number of aliphatic hydroxyl groups excluding tert-OH is 1. The molecule has 0 radical (unpaired) electrons. The lowest BCUT2D eigenvalue weighted by Crippen LogP contribution is -2.02. The topological polar surface area (TPSA) is 59.1 Å². The van der Waals surface area contributed by atoms with Crippen molar-refractivity contribution in [2.75, 3.05) is 6.61 Å². The Kier molecular flexibility index (Phi) is 5.08. The Balaban J connectivity index is 2.69. The van der Waals surface area contributed by atoms with Gasteiger partial charge in [0.15, 0.2) is 0 Å². The summed E-state index contributed by atoms with van der Waals surface area (Å²) >= 11 is 1.70. The molecule has 3 N–H and O–H groups in total. The lowest BCUT2D eigenvalue weighted by atomic mass is 10.2. The molecule has 0 bridgehead atoms. The van der Waals surface area contributed by atoms with Crippen molar-refractivity contribution >= 4 is 11.8 Å². The fourth-order valence-electron chi connectivity index (χ4n) is 1.29. The molecule has 84 valence electrons. The summed E-state index contributed by atoms with van der Waals surface area (Å²) in [5, 5.41) is 10.2. The molecule has 0 amide bonds. The summed E-state index contributed by atoms with van der Waals surface area (Å²) in [4.78, 5) is 4.37. The highest BCUT2D eigenvalue weighted by atomic mass is 32.2. The van der Waals surface area contributed by atoms with Crippen LogP contribution in [0.4, 0.5) is 0 Å². The monoisotopic (exact) mass is 226 g/mol. The first-order valence-electron chi connectivity index (χ1n) is 5.10. The lowest BCUT2D eigenvalue weighted by molar-refractivity contribution is 0.289. The standard InChI is InChI=1S/C11H18N2OS/c1-8-5-10(6-12)7-13-11(8)15-9(2)3-4-14/h5,7,9,14H,3-4,6,12H2,1-2H3. The number of aromatic nitrogens is 1. The van der Waals surface area contributed by atoms with Gasteiger partial charge in [0.1, 0.15) is 0 Å². The Morgan fingerprint density at radius 3 is 2.87 bits per heavy atom. The number of hydrogen-bond donors (Lipinski definition) is 2. The van der Waals surface area contributed by atoms with Crippen molar-refractivity contribution in [2.45, 2.75) is 37.1 Å². The van der Waals surface area contributed by atoms with Crippen LogP contribution in [0.15, 0.2) is 17.3 Å². The highest BCUT2D eigenvalue weighted by Gasteiger charge is 2.07. The van der Waals surface area contributed by atoms with Crippen LogP contribution in [-0.4, -0.2) is 21.9 Å². The second-order valence-electron chi connectivity index (χ2n) is 3.61. The average Bonchev–Trinajstić information content (AvgIpc) is 2.21. The van der Waals surface area contributed by atoms with Crippen molar-refractivity contribution in [3.05, 3.63) is 23.4 Å². The fourth-order valence-corrected chi connectivity index (χ4v) is 2.25. The molecule has 0 aliphatic carbocycles. The zero-order valence-corrected chi connectivity index (χ0v) is 10.0. The summed E-state index contributed by atoms with van der Waals surface area (Å²) in [6.07, 6.45) is 2.62. The lowest BCUT2D eigenvalue weighted by Gasteiger charge is -2.11. The molecule has 4 heteroatoms. The van der Waals surface area contributed by atoms with Crippen LogP contribution in [0, 0.1) is 6.92 Å². The van der Waals surface area contributed by atoms with E-state index in [4.69, 9.17) is 10.8 Å². The van der Waals surface area contributed by atoms with Crippen LogP contribution in [0.3, 0.4) is 0 Å². The van der Waals surface area contributed by atoms with Gasteiger partial charge in [-0.15, -0.1) is 11.8 Å². The van der Waals surface area contributed by atoms with E-state index >= 15 is 0 Å². The molecule has 1 aromatic rings. The SMILES string of the molecule is Cc1cc(CN)cnc1SC(C)CCO. The van der Waals surface area contributed by atoms with Gasteiger partial charge in [-0.25, -0.2) is 4.98 Å². The first-order valence-corrected chi connectivity index (χ1v) is 5.98. The maximum atomic E-state index is 8.82. The number of aliphatic hydroxyl groups is 1. The zero-order valence-electron chi connectivity index (χ0n) is 9.23. The van der Waals surface area contributed by atoms with Crippen LogP contribution in [0.1, 0.15) is 24.5 Å². The van der Waals surface area contributed by atoms with Crippen molar-refractivity contribution in [1.29, 1.82) is 0 Å². The number of nitrogens with zero attached hydrogens (tertiary/aromatic N) is 1. The van der Waals surface area contributed by atoms with Crippen molar-refractivity contribution < 1.29 is 5.11 Å². The minimum Gasteiger partial charge on any atom is -0.396 e. The Morgan fingerprint density at radius 1 is 1.60 bits per heavy atom. The third-order valence-corrected chi connectivity index (χ3v) is 3.46. The van der Waals surface area contributed by atoms with Gasteiger partial charge < -0.3 is 10.8 Å². The van der Waals surface area contributed by atoms with Gasteiger partial charge in [-0.3, -0.25) is 0 Å². The maximum Gasteiger partial charge on any atom is 0.0991 e. The predicted molar refractivity (Wildman–Crippen MR) is 63.9 cm³/mol. The summed E-state index contributed by atoms with van der Waals surface area (Å²) in [5.41, 5.74) is 7.76. The van der Waals surface area contributed by atoms with Gasteiger partial charge in [0.2, 0.25) is 0 Å². The first-order chi connectivity index (χ1) is 7.17. The van der Waals surface area contributed by atoms with Crippen LogP contribution < -0.4 is 5.73 Å². The van der Waals surface area contributed by atoms with Crippen molar-refractivity contribution in [3.63, 3.8) is 0 Å². The second-order valence-corrected chi connectivity index (χ2v) is 5.04. The fraction of sp³-hybridized carbons (Fsp3) is 0.545. The molecule has 0 fully saturated rings. The van der Waals surface area contributed by atoms with E-state index in [2.05, 4.69) is 18.0 Å². The molecule has 1 unspecified atom stereocenters. The summed E-state index contributed by atoms with van der Waals surface area (Å²) < 4.78 is 0. The third-order valence-electron chi connectivity index (χ3n) is 2.17. The van der Waals surface area contributed by atoms with Gasteiger partial charge in [-0.05, 0) is 24.5 Å². The van der Waals surface area contributed by atoms with Crippen molar-refractivity contribution in [3.8, 4) is 0 Å². The molecular weight excluding hydrogens is 208 g/mol. The molecule has 0 saturated carbocycles. The molecule has 15 heavy (non-hydrogen) atoms. The van der Waals surface area contributed by atoms with E-state index in [9.17, 15) is 0 Å². The molecule has 1 rings (SSSR count). The molecule has 3 nitrogen and oxygen atoms in total. The van der Waals surface area contributed by atoms with Gasteiger partial charge in [0, 0.05) is 24.6 Å². The van der Waals surface area contributed by atoms with E-state index < -0.39 is 0 Å². The maximum absolute atomic E-state index is 8.82. The number of rotatable bonds is 5. The highest BCUT2D eigenvalue weighted by molar-refractivity contribution is 7.99. The Labute approximate surface area is 95.1 Å². The van der Waals surface area contributed by atoms with Gasteiger partial charge >= 0.3 is 0 Å². The quantitative estimate of drug-likeness (QED) is 0.750. The zero-order chi connectivity index (χ0) is 11.3.